The Morgan fingerprint density at radius 3 is 2.85 bits per heavy atom. The van der Waals surface area contributed by atoms with Crippen LogP contribution in [0.4, 0.5) is 5.69 Å². The van der Waals surface area contributed by atoms with Crippen LogP contribution in [0, 0.1) is 5.92 Å². The van der Waals surface area contributed by atoms with E-state index in [-0.39, 0.29) is 24.0 Å². The maximum absolute atomic E-state index is 5.78. The average molecular weight is 488 g/mol. The molecular weight excluding hydrogens is 455 g/mol. The van der Waals surface area contributed by atoms with E-state index in [0.717, 1.165) is 64.8 Å². The number of rotatable bonds is 8. The molecule has 7 heteroatoms. The number of benzene rings is 1. The SMILES string of the molecule is CN=C(NCCCOC1CCOC1)NCC1CCN(c2ccccc2)C1.I. The summed E-state index contributed by atoms with van der Waals surface area (Å²) in [5.74, 6) is 1.53. The van der Waals surface area contributed by atoms with Crippen molar-refractivity contribution in [2.75, 3.05) is 57.9 Å². The predicted octanol–water partition coefficient (Wildman–Crippen LogP) is 2.49. The first-order valence-corrected chi connectivity index (χ1v) is 9.79. The molecule has 0 radical (unpaired) electrons. The van der Waals surface area contributed by atoms with Crippen LogP contribution in [0.25, 0.3) is 0 Å². The Bertz CT molecular complexity index is 552. The van der Waals surface area contributed by atoms with Gasteiger partial charge in [0.05, 0.1) is 12.7 Å². The minimum absolute atomic E-state index is 0. The Labute approximate surface area is 180 Å². The fourth-order valence-electron chi connectivity index (χ4n) is 3.51. The van der Waals surface area contributed by atoms with Gasteiger partial charge in [-0.15, -0.1) is 24.0 Å². The van der Waals surface area contributed by atoms with Gasteiger partial charge in [-0.25, -0.2) is 0 Å². The minimum atomic E-state index is 0. The van der Waals surface area contributed by atoms with Gasteiger partial charge in [-0.1, -0.05) is 18.2 Å². The number of hydrogen-bond acceptors (Lipinski definition) is 4. The van der Waals surface area contributed by atoms with Crippen molar-refractivity contribution in [2.24, 2.45) is 10.9 Å². The minimum Gasteiger partial charge on any atom is -0.379 e. The van der Waals surface area contributed by atoms with E-state index in [1.807, 2.05) is 7.05 Å². The van der Waals surface area contributed by atoms with Crippen molar-refractivity contribution in [1.29, 1.82) is 0 Å². The van der Waals surface area contributed by atoms with Gasteiger partial charge in [0.2, 0.25) is 0 Å². The largest absolute Gasteiger partial charge is 0.379 e. The highest BCUT2D eigenvalue weighted by atomic mass is 127. The maximum atomic E-state index is 5.78. The zero-order valence-corrected chi connectivity index (χ0v) is 18.6. The van der Waals surface area contributed by atoms with Crippen molar-refractivity contribution >= 4 is 35.6 Å². The standard InChI is InChI=1S/C20H32N4O2.HI/c1-21-20(22-10-5-12-26-19-9-13-25-16-19)23-14-17-8-11-24(15-17)18-6-3-2-4-7-18;/h2-4,6-7,17,19H,5,8-16H2,1H3,(H2,21,22,23);1H. The molecule has 1 aromatic rings. The van der Waals surface area contributed by atoms with Crippen molar-refractivity contribution in [3.63, 3.8) is 0 Å². The molecule has 2 fully saturated rings. The van der Waals surface area contributed by atoms with Crippen LogP contribution in [0.2, 0.25) is 0 Å². The maximum Gasteiger partial charge on any atom is 0.190 e. The molecule has 0 bridgehead atoms. The van der Waals surface area contributed by atoms with Crippen LogP contribution in [0.3, 0.4) is 0 Å². The number of ether oxygens (including phenoxy) is 2. The number of nitrogens with zero attached hydrogens (tertiary/aromatic N) is 2. The van der Waals surface area contributed by atoms with Crippen molar-refractivity contribution in [1.82, 2.24) is 10.6 Å². The lowest BCUT2D eigenvalue weighted by atomic mass is 10.1. The Balaban J connectivity index is 0.00000261. The van der Waals surface area contributed by atoms with Gasteiger partial charge in [0, 0.05) is 52.1 Å². The first kappa shape index (κ1) is 22.2. The number of anilines is 1. The second-order valence-electron chi connectivity index (χ2n) is 7.03. The summed E-state index contributed by atoms with van der Waals surface area (Å²) in [5.41, 5.74) is 1.32. The molecule has 152 valence electrons. The number of hydrogen-bond donors (Lipinski definition) is 2. The molecule has 2 atom stereocenters. The molecule has 2 aliphatic heterocycles. The summed E-state index contributed by atoms with van der Waals surface area (Å²) < 4.78 is 11.1. The molecule has 0 spiro atoms. The second-order valence-corrected chi connectivity index (χ2v) is 7.03. The van der Waals surface area contributed by atoms with Crippen molar-refractivity contribution in [3.05, 3.63) is 30.3 Å². The van der Waals surface area contributed by atoms with E-state index in [9.17, 15) is 0 Å². The number of nitrogens with one attached hydrogen (secondary N) is 2. The third-order valence-electron chi connectivity index (χ3n) is 5.04. The van der Waals surface area contributed by atoms with Gasteiger partial charge in [-0.2, -0.15) is 0 Å². The van der Waals surface area contributed by atoms with E-state index < -0.39 is 0 Å². The van der Waals surface area contributed by atoms with Crippen LogP contribution in [-0.4, -0.2) is 65.1 Å². The number of halogens is 1. The van der Waals surface area contributed by atoms with Crippen LogP contribution in [0.15, 0.2) is 35.3 Å². The molecule has 6 nitrogen and oxygen atoms in total. The molecule has 2 N–H and O–H groups in total. The second kappa shape index (κ2) is 12.4. The Hall–Kier alpha value is -1.06. The van der Waals surface area contributed by atoms with Gasteiger partial charge < -0.3 is 25.0 Å². The average Bonchev–Trinajstić information content (AvgIpc) is 3.36. The van der Waals surface area contributed by atoms with Crippen LogP contribution in [0.5, 0.6) is 0 Å². The zero-order chi connectivity index (χ0) is 18.0. The molecular formula is C20H33IN4O2. The first-order valence-electron chi connectivity index (χ1n) is 9.79. The molecule has 1 aromatic carbocycles. The number of para-hydroxylation sites is 1. The lowest BCUT2D eigenvalue weighted by Crippen LogP contribution is -2.40. The van der Waals surface area contributed by atoms with Crippen molar-refractivity contribution in [2.45, 2.75) is 25.4 Å². The highest BCUT2D eigenvalue weighted by Crippen LogP contribution is 2.22. The first-order chi connectivity index (χ1) is 12.8. The Morgan fingerprint density at radius 1 is 1.26 bits per heavy atom. The van der Waals surface area contributed by atoms with Crippen LogP contribution >= 0.6 is 24.0 Å². The summed E-state index contributed by atoms with van der Waals surface area (Å²) in [6.45, 7) is 6.41. The Kier molecular flexibility index (Phi) is 10.2. The summed E-state index contributed by atoms with van der Waals surface area (Å²) >= 11 is 0. The smallest absolute Gasteiger partial charge is 0.190 e. The summed E-state index contributed by atoms with van der Waals surface area (Å²) in [7, 11) is 1.83. The quantitative estimate of drug-likeness (QED) is 0.255. The summed E-state index contributed by atoms with van der Waals surface area (Å²) in [6.07, 6.45) is 3.51. The van der Waals surface area contributed by atoms with E-state index in [1.165, 1.54) is 12.1 Å². The molecule has 2 saturated heterocycles. The van der Waals surface area contributed by atoms with Crippen molar-refractivity contribution in [3.8, 4) is 0 Å². The van der Waals surface area contributed by atoms with Crippen molar-refractivity contribution < 1.29 is 9.47 Å². The number of aliphatic imine (C=N–C) groups is 1. The van der Waals surface area contributed by atoms with Gasteiger partial charge in [-0.05, 0) is 37.3 Å². The lowest BCUT2D eigenvalue weighted by molar-refractivity contribution is 0.0420. The summed E-state index contributed by atoms with van der Waals surface area (Å²) in [4.78, 5) is 6.79. The van der Waals surface area contributed by atoms with Gasteiger partial charge in [0.1, 0.15) is 0 Å². The van der Waals surface area contributed by atoms with Crippen LogP contribution in [-0.2, 0) is 9.47 Å². The van der Waals surface area contributed by atoms with E-state index in [4.69, 9.17) is 9.47 Å². The molecule has 3 rings (SSSR count). The molecule has 0 saturated carbocycles. The molecule has 0 aromatic heterocycles. The normalized spacial score (nSPS) is 22.6. The van der Waals surface area contributed by atoms with E-state index in [2.05, 4.69) is 50.9 Å². The zero-order valence-electron chi connectivity index (χ0n) is 16.2. The summed E-state index contributed by atoms with van der Waals surface area (Å²) in [5, 5.41) is 6.84. The Morgan fingerprint density at radius 2 is 2.11 bits per heavy atom. The fraction of sp³-hybridized carbons (Fsp3) is 0.650. The third kappa shape index (κ3) is 7.46. The topological polar surface area (TPSA) is 58.1 Å². The van der Waals surface area contributed by atoms with Gasteiger partial charge in [-0.3, -0.25) is 4.99 Å². The highest BCUT2D eigenvalue weighted by molar-refractivity contribution is 14.0. The van der Waals surface area contributed by atoms with Crippen LogP contribution in [0.1, 0.15) is 19.3 Å². The molecule has 2 heterocycles. The highest BCUT2D eigenvalue weighted by Gasteiger charge is 2.22. The monoisotopic (exact) mass is 488 g/mol. The molecule has 2 unspecified atom stereocenters. The third-order valence-corrected chi connectivity index (χ3v) is 5.04. The lowest BCUT2D eigenvalue weighted by Gasteiger charge is -2.19. The van der Waals surface area contributed by atoms with Gasteiger partial charge in [0.25, 0.3) is 0 Å². The molecule has 27 heavy (non-hydrogen) atoms. The molecule has 0 aliphatic carbocycles. The van der Waals surface area contributed by atoms with E-state index in [0.29, 0.717) is 12.0 Å². The summed E-state index contributed by atoms with van der Waals surface area (Å²) in [6, 6.07) is 10.7. The number of guanidine groups is 1. The molecule has 0 amide bonds. The van der Waals surface area contributed by atoms with Gasteiger partial charge >= 0.3 is 0 Å². The van der Waals surface area contributed by atoms with E-state index >= 15 is 0 Å². The molecule has 2 aliphatic rings. The fourth-order valence-corrected chi connectivity index (χ4v) is 3.51. The van der Waals surface area contributed by atoms with Crippen LogP contribution < -0.4 is 15.5 Å². The van der Waals surface area contributed by atoms with Gasteiger partial charge in [0.15, 0.2) is 5.96 Å². The predicted molar refractivity (Wildman–Crippen MR) is 121 cm³/mol. The van der Waals surface area contributed by atoms with E-state index in [1.54, 1.807) is 0 Å².